The SMILES string of the molecule is c1ccc2c(-c3ccncc3)cc(-c3c4ccccc4nc4ccccc34)c-2cc1. The summed E-state index contributed by atoms with van der Waals surface area (Å²) in [5.41, 5.74) is 9.41. The van der Waals surface area contributed by atoms with Crippen molar-refractivity contribution in [1.82, 2.24) is 9.97 Å². The third-order valence-electron chi connectivity index (χ3n) is 5.76. The van der Waals surface area contributed by atoms with Gasteiger partial charge in [0.25, 0.3) is 0 Å². The van der Waals surface area contributed by atoms with Gasteiger partial charge in [-0.2, -0.15) is 0 Å². The number of para-hydroxylation sites is 2. The van der Waals surface area contributed by atoms with Crippen molar-refractivity contribution in [2.75, 3.05) is 0 Å². The van der Waals surface area contributed by atoms with Crippen molar-refractivity contribution in [2.45, 2.75) is 0 Å². The highest BCUT2D eigenvalue weighted by molar-refractivity contribution is 6.14. The van der Waals surface area contributed by atoms with E-state index in [1.807, 2.05) is 12.4 Å². The van der Waals surface area contributed by atoms with E-state index < -0.39 is 0 Å². The molecule has 2 aromatic heterocycles. The van der Waals surface area contributed by atoms with Gasteiger partial charge in [0.1, 0.15) is 0 Å². The summed E-state index contributed by atoms with van der Waals surface area (Å²) >= 11 is 0. The molecule has 0 amide bonds. The van der Waals surface area contributed by atoms with Crippen LogP contribution in [-0.2, 0) is 0 Å². The molecule has 0 saturated carbocycles. The lowest BCUT2D eigenvalue weighted by molar-refractivity contribution is 1.33. The van der Waals surface area contributed by atoms with Gasteiger partial charge in [-0.05, 0) is 58.1 Å². The molecule has 140 valence electrons. The molecule has 2 nitrogen and oxygen atoms in total. The van der Waals surface area contributed by atoms with E-state index in [9.17, 15) is 0 Å². The number of nitrogens with zero attached hydrogens (tertiary/aromatic N) is 2. The molecule has 0 aliphatic heterocycles. The molecule has 0 saturated heterocycles. The molecule has 0 N–H and O–H groups in total. The molecule has 2 heterocycles. The van der Waals surface area contributed by atoms with Gasteiger partial charge in [0, 0.05) is 28.7 Å². The summed E-state index contributed by atoms with van der Waals surface area (Å²) in [5, 5.41) is 2.35. The van der Waals surface area contributed by atoms with Crippen LogP contribution in [0, 0.1) is 0 Å². The number of benzene rings is 2. The topological polar surface area (TPSA) is 25.8 Å². The summed E-state index contributed by atoms with van der Waals surface area (Å²) < 4.78 is 0. The van der Waals surface area contributed by atoms with Gasteiger partial charge in [0.05, 0.1) is 11.0 Å². The predicted octanol–water partition coefficient (Wildman–Crippen LogP) is 7.22. The quantitative estimate of drug-likeness (QED) is 0.295. The van der Waals surface area contributed by atoms with Crippen LogP contribution in [-0.4, -0.2) is 9.97 Å². The first kappa shape index (κ1) is 16.9. The van der Waals surface area contributed by atoms with Crippen LogP contribution in [0.3, 0.4) is 0 Å². The first-order valence-electron chi connectivity index (χ1n) is 10.1. The number of pyridine rings is 2. The molecule has 0 fully saturated rings. The summed E-state index contributed by atoms with van der Waals surface area (Å²) in [6.07, 6.45) is 3.71. The number of aromatic nitrogens is 2. The minimum atomic E-state index is 1.02. The fourth-order valence-electron chi connectivity index (χ4n) is 4.42. The molecule has 0 radical (unpaired) electrons. The number of rotatable bonds is 2. The van der Waals surface area contributed by atoms with Gasteiger partial charge in [-0.15, -0.1) is 0 Å². The molecule has 2 aromatic carbocycles. The minimum absolute atomic E-state index is 1.02. The fourth-order valence-corrected chi connectivity index (χ4v) is 4.42. The van der Waals surface area contributed by atoms with Gasteiger partial charge in [-0.3, -0.25) is 4.98 Å². The monoisotopic (exact) mass is 382 g/mol. The van der Waals surface area contributed by atoms with Crippen molar-refractivity contribution >= 4 is 21.8 Å². The number of fused-ring (bicyclic) bond motifs is 3. The van der Waals surface area contributed by atoms with Crippen molar-refractivity contribution in [1.29, 1.82) is 0 Å². The van der Waals surface area contributed by atoms with Crippen LogP contribution in [0.4, 0.5) is 0 Å². The van der Waals surface area contributed by atoms with Crippen molar-refractivity contribution in [3.8, 4) is 33.4 Å². The molecule has 30 heavy (non-hydrogen) atoms. The molecule has 6 rings (SSSR count). The Bertz CT molecular complexity index is 1430. The van der Waals surface area contributed by atoms with E-state index in [-0.39, 0.29) is 0 Å². The van der Waals surface area contributed by atoms with E-state index in [2.05, 4.69) is 102 Å². The first-order valence-corrected chi connectivity index (χ1v) is 10.1. The zero-order valence-corrected chi connectivity index (χ0v) is 16.3. The lowest BCUT2D eigenvalue weighted by atomic mass is 9.94. The summed E-state index contributed by atoms with van der Waals surface area (Å²) in [6, 6.07) is 34.1. The Morgan fingerprint density at radius 3 is 1.70 bits per heavy atom. The van der Waals surface area contributed by atoms with Crippen molar-refractivity contribution in [3.63, 3.8) is 0 Å². The summed E-state index contributed by atoms with van der Waals surface area (Å²) in [7, 11) is 0. The molecule has 0 spiro atoms. The Morgan fingerprint density at radius 1 is 0.467 bits per heavy atom. The summed E-state index contributed by atoms with van der Waals surface area (Å²) in [6.45, 7) is 0. The molecule has 2 aliphatic rings. The maximum Gasteiger partial charge on any atom is 0.0715 e. The Balaban J connectivity index is 1.78. The van der Waals surface area contributed by atoms with E-state index in [1.165, 1.54) is 44.2 Å². The largest absolute Gasteiger partial charge is 0.265 e. The maximum absolute atomic E-state index is 4.91. The molecule has 2 aliphatic carbocycles. The van der Waals surface area contributed by atoms with Gasteiger partial charge in [-0.25, -0.2) is 4.98 Å². The average molecular weight is 382 g/mol. The molecule has 0 unspecified atom stereocenters. The van der Waals surface area contributed by atoms with Crippen LogP contribution in [0.1, 0.15) is 0 Å². The second-order valence-corrected chi connectivity index (χ2v) is 7.47. The fraction of sp³-hybridized carbons (Fsp3) is 0. The highest BCUT2D eigenvalue weighted by atomic mass is 14.7. The molecular formula is C28H18N2. The van der Waals surface area contributed by atoms with Crippen LogP contribution < -0.4 is 0 Å². The number of hydrogen-bond acceptors (Lipinski definition) is 2. The highest BCUT2D eigenvalue weighted by Crippen LogP contribution is 2.46. The molecule has 0 bridgehead atoms. The lowest BCUT2D eigenvalue weighted by Crippen LogP contribution is -1.88. The van der Waals surface area contributed by atoms with Crippen molar-refractivity contribution in [3.05, 3.63) is 109 Å². The second-order valence-electron chi connectivity index (χ2n) is 7.47. The van der Waals surface area contributed by atoms with E-state index in [0.29, 0.717) is 0 Å². The zero-order valence-electron chi connectivity index (χ0n) is 16.3. The third kappa shape index (κ3) is 2.58. The smallest absolute Gasteiger partial charge is 0.0715 e. The zero-order chi connectivity index (χ0) is 19.9. The maximum atomic E-state index is 4.91. The normalized spacial score (nSPS) is 11.3. The van der Waals surface area contributed by atoms with Gasteiger partial charge in [0.15, 0.2) is 0 Å². The van der Waals surface area contributed by atoms with Crippen molar-refractivity contribution in [2.24, 2.45) is 0 Å². The van der Waals surface area contributed by atoms with Gasteiger partial charge in [0.2, 0.25) is 0 Å². The van der Waals surface area contributed by atoms with Crippen LogP contribution in [0.5, 0.6) is 0 Å². The molecule has 0 atom stereocenters. The van der Waals surface area contributed by atoms with E-state index in [0.717, 1.165) is 11.0 Å². The van der Waals surface area contributed by atoms with Crippen LogP contribution in [0.15, 0.2) is 109 Å². The predicted molar refractivity (Wildman–Crippen MR) is 125 cm³/mol. The third-order valence-corrected chi connectivity index (χ3v) is 5.76. The van der Waals surface area contributed by atoms with Gasteiger partial charge < -0.3 is 0 Å². The van der Waals surface area contributed by atoms with Crippen LogP contribution in [0.25, 0.3) is 55.2 Å². The first-order chi connectivity index (χ1) is 14.9. The number of hydrogen-bond donors (Lipinski definition) is 0. The van der Waals surface area contributed by atoms with E-state index >= 15 is 0 Å². The van der Waals surface area contributed by atoms with Crippen LogP contribution in [0.2, 0.25) is 0 Å². The highest BCUT2D eigenvalue weighted by Gasteiger charge is 2.20. The summed E-state index contributed by atoms with van der Waals surface area (Å²) in [5.74, 6) is 0. The van der Waals surface area contributed by atoms with E-state index in [1.54, 1.807) is 0 Å². The Labute approximate surface area is 174 Å². The average Bonchev–Trinajstić information content (AvgIpc) is 2.98. The lowest BCUT2D eigenvalue weighted by Gasteiger charge is -2.11. The Hall–Kier alpha value is -4.04. The second kappa shape index (κ2) is 6.78. The Morgan fingerprint density at radius 2 is 1.03 bits per heavy atom. The standard InChI is InChI=1S/C28H18N2/c1-2-8-20-21(9-3-1)25(18-24(20)19-14-16-29-17-15-19)28-22-10-4-6-12-26(22)30-27-13-7-5-11-23(27)28/h1-18H. The van der Waals surface area contributed by atoms with Gasteiger partial charge >= 0.3 is 0 Å². The summed E-state index contributed by atoms with van der Waals surface area (Å²) in [4.78, 5) is 9.11. The minimum Gasteiger partial charge on any atom is -0.265 e. The Kier molecular flexibility index (Phi) is 3.82. The van der Waals surface area contributed by atoms with Crippen molar-refractivity contribution < 1.29 is 0 Å². The van der Waals surface area contributed by atoms with Crippen LogP contribution >= 0.6 is 0 Å². The molecule has 2 heteroatoms. The molecule has 4 aromatic rings. The molecular weight excluding hydrogens is 364 g/mol. The van der Waals surface area contributed by atoms with Gasteiger partial charge in [-0.1, -0.05) is 66.7 Å². The van der Waals surface area contributed by atoms with E-state index in [4.69, 9.17) is 4.98 Å².